The molecule has 3 N–H and O–H groups in total. The number of anilines is 1. The number of piperidine rings is 1. The van der Waals surface area contributed by atoms with E-state index < -0.39 is 11.7 Å². The molecule has 1 atom stereocenters. The third-order valence-electron chi connectivity index (χ3n) is 4.01. The number of carbonyl (C=O) groups is 1. The number of benzene rings is 1. The maximum absolute atomic E-state index is 12.1. The van der Waals surface area contributed by atoms with E-state index in [4.69, 9.17) is 22.1 Å². The smallest absolute Gasteiger partial charge is 0.410 e. The Labute approximate surface area is 142 Å². The Morgan fingerprint density at radius 2 is 2.00 bits per heavy atom. The molecule has 0 spiro atoms. The summed E-state index contributed by atoms with van der Waals surface area (Å²) in [5.41, 5.74) is 6.64. The van der Waals surface area contributed by atoms with E-state index in [-0.39, 0.29) is 12.0 Å². The molecule has 2 rings (SSSR count). The zero-order valence-electron chi connectivity index (χ0n) is 13.9. The van der Waals surface area contributed by atoms with Crippen LogP contribution in [0.5, 0.6) is 0 Å². The van der Waals surface area contributed by atoms with Crippen LogP contribution in [0.2, 0.25) is 5.02 Å². The van der Waals surface area contributed by atoms with Gasteiger partial charge in [0.15, 0.2) is 0 Å². The molecule has 1 aromatic carbocycles. The van der Waals surface area contributed by atoms with Crippen molar-refractivity contribution in [2.75, 3.05) is 18.8 Å². The summed E-state index contributed by atoms with van der Waals surface area (Å²) in [7, 11) is 0. The number of nitrogens with two attached hydrogens (primary N) is 1. The normalized spacial score (nSPS) is 17.9. The number of amides is 1. The molecule has 0 radical (unpaired) electrons. The van der Waals surface area contributed by atoms with Crippen LogP contribution in [0.3, 0.4) is 0 Å². The summed E-state index contributed by atoms with van der Waals surface area (Å²) in [6.07, 6.45) is 0.431. The molecule has 1 aromatic rings. The van der Waals surface area contributed by atoms with Gasteiger partial charge in [0.25, 0.3) is 0 Å². The van der Waals surface area contributed by atoms with Gasteiger partial charge >= 0.3 is 6.09 Å². The quantitative estimate of drug-likeness (QED) is 0.806. The fourth-order valence-electron chi connectivity index (χ4n) is 2.78. The van der Waals surface area contributed by atoms with Gasteiger partial charge in [0.05, 0.1) is 6.10 Å². The number of carbonyl (C=O) groups excluding carboxylic acids is 1. The average Bonchev–Trinajstić information content (AvgIpc) is 2.47. The second kappa shape index (κ2) is 6.97. The summed E-state index contributed by atoms with van der Waals surface area (Å²) >= 11 is 5.99. The van der Waals surface area contributed by atoms with Crippen molar-refractivity contribution >= 4 is 23.4 Å². The van der Waals surface area contributed by atoms with Gasteiger partial charge in [0.1, 0.15) is 5.60 Å². The van der Waals surface area contributed by atoms with Gasteiger partial charge in [-0.2, -0.15) is 0 Å². The van der Waals surface area contributed by atoms with Crippen LogP contribution in [0.15, 0.2) is 18.2 Å². The highest BCUT2D eigenvalue weighted by Crippen LogP contribution is 2.35. The van der Waals surface area contributed by atoms with Crippen molar-refractivity contribution in [3.8, 4) is 0 Å². The Hall–Kier alpha value is -1.46. The van der Waals surface area contributed by atoms with Crippen molar-refractivity contribution < 1.29 is 14.6 Å². The number of ether oxygens (including phenoxy) is 1. The topological polar surface area (TPSA) is 75.8 Å². The third kappa shape index (κ3) is 4.75. The maximum Gasteiger partial charge on any atom is 0.410 e. The van der Waals surface area contributed by atoms with E-state index in [1.54, 1.807) is 23.1 Å². The summed E-state index contributed by atoms with van der Waals surface area (Å²) in [5.74, 6) is 0.0504. The lowest BCUT2D eigenvalue weighted by atomic mass is 9.87. The number of hydrogen-bond donors (Lipinski definition) is 2. The average molecular weight is 341 g/mol. The highest BCUT2D eigenvalue weighted by molar-refractivity contribution is 6.30. The van der Waals surface area contributed by atoms with Gasteiger partial charge in [-0.15, -0.1) is 0 Å². The molecular weight excluding hydrogens is 316 g/mol. The first-order valence-electron chi connectivity index (χ1n) is 7.88. The molecule has 1 saturated heterocycles. The summed E-state index contributed by atoms with van der Waals surface area (Å²) in [4.78, 5) is 13.8. The molecule has 0 saturated carbocycles. The maximum atomic E-state index is 12.1. The molecule has 6 heteroatoms. The Morgan fingerprint density at radius 1 is 1.39 bits per heavy atom. The molecule has 1 aliphatic rings. The van der Waals surface area contributed by atoms with Crippen molar-refractivity contribution in [2.24, 2.45) is 5.92 Å². The standard InChI is InChI=1S/C17H25ClN2O3/c1-17(2,3)23-16(22)20-8-6-11(7-9-20)15(21)13-10-12(18)4-5-14(13)19/h4-5,10-11,15,21H,6-9,19H2,1-3H3. The fourth-order valence-corrected chi connectivity index (χ4v) is 2.96. The van der Waals surface area contributed by atoms with Crippen molar-refractivity contribution in [3.63, 3.8) is 0 Å². The molecular formula is C17H25ClN2O3. The minimum Gasteiger partial charge on any atom is -0.444 e. The number of nitrogen functional groups attached to an aromatic ring is 1. The molecule has 128 valence electrons. The molecule has 0 bridgehead atoms. The van der Waals surface area contributed by atoms with Gasteiger partial charge in [0, 0.05) is 29.4 Å². The van der Waals surface area contributed by atoms with E-state index in [0.29, 0.717) is 42.2 Å². The Bertz CT molecular complexity index is 563. The van der Waals surface area contributed by atoms with Gasteiger partial charge < -0.3 is 20.5 Å². The lowest BCUT2D eigenvalue weighted by Crippen LogP contribution is -2.42. The predicted molar refractivity (Wildman–Crippen MR) is 91.4 cm³/mol. The zero-order chi connectivity index (χ0) is 17.2. The minimum absolute atomic E-state index is 0.0504. The SMILES string of the molecule is CC(C)(C)OC(=O)N1CCC(C(O)c2cc(Cl)ccc2N)CC1. The number of aliphatic hydroxyl groups is 1. The van der Waals surface area contributed by atoms with E-state index in [1.165, 1.54) is 0 Å². The lowest BCUT2D eigenvalue weighted by molar-refractivity contribution is 0.00775. The molecule has 1 unspecified atom stereocenters. The van der Waals surface area contributed by atoms with E-state index in [1.807, 2.05) is 20.8 Å². The molecule has 23 heavy (non-hydrogen) atoms. The summed E-state index contributed by atoms with van der Waals surface area (Å²) in [5, 5.41) is 11.1. The number of halogens is 1. The van der Waals surface area contributed by atoms with Crippen LogP contribution >= 0.6 is 11.6 Å². The van der Waals surface area contributed by atoms with Gasteiger partial charge in [-0.05, 0) is 57.7 Å². The second-order valence-corrected chi connectivity index (χ2v) is 7.46. The van der Waals surface area contributed by atoms with E-state index >= 15 is 0 Å². The molecule has 1 heterocycles. The first kappa shape index (κ1) is 17.9. The van der Waals surface area contributed by atoms with Crippen LogP contribution in [0.25, 0.3) is 0 Å². The molecule has 0 aliphatic carbocycles. The summed E-state index contributed by atoms with van der Waals surface area (Å²) in [6.45, 7) is 6.68. The lowest BCUT2D eigenvalue weighted by Gasteiger charge is -2.35. The van der Waals surface area contributed by atoms with Gasteiger partial charge in [-0.3, -0.25) is 0 Å². The summed E-state index contributed by atoms with van der Waals surface area (Å²) < 4.78 is 5.38. The Balaban J connectivity index is 1.96. The van der Waals surface area contributed by atoms with Crippen LogP contribution in [0, 0.1) is 5.92 Å². The van der Waals surface area contributed by atoms with Crippen molar-refractivity contribution in [3.05, 3.63) is 28.8 Å². The number of rotatable bonds is 2. The molecule has 1 amide bonds. The number of hydrogen-bond acceptors (Lipinski definition) is 4. The van der Waals surface area contributed by atoms with E-state index in [0.717, 1.165) is 0 Å². The second-order valence-electron chi connectivity index (χ2n) is 7.02. The molecule has 5 nitrogen and oxygen atoms in total. The van der Waals surface area contributed by atoms with Gasteiger partial charge in [0.2, 0.25) is 0 Å². The number of likely N-dealkylation sites (tertiary alicyclic amines) is 1. The molecule has 1 fully saturated rings. The highest BCUT2D eigenvalue weighted by atomic mass is 35.5. The predicted octanol–water partition coefficient (Wildman–Crippen LogP) is 3.60. The Morgan fingerprint density at radius 3 is 2.57 bits per heavy atom. The van der Waals surface area contributed by atoms with Gasteiger partial charge in [-0.25, -0.2) is 4.79 Å². The molecule has 1 aliphatic heterocycles. The van der Waals surface area contributed by atoms with Crippen LogP contribution < -0.4 is 5.73 Å². The van der Waals surface area contributed by atoms with Crippen LogP contribution in [-0.4, -0.2) is 34.8 Å². The largest absolute Gasteiger partial charge is 0.444 e. The minimum atomic E-state index is -0.672. The van der Waals surface area contributed by atoms with E-state index in [9.17, 15) is 9.90 Å². The van der Waals surface area contributed by atoms with Crippen molar-refractivity contribution in [1.29, 1.82) is 0 Å². The van der Waals surface area contributed by atoms with E-state index in [2.05, 4.69) is 0 Å². The first-order valence-corrected chi connectivity index (χ1v) is 8.26. The highest BCUT2D eigenvalue weighted by Gasteiger charge is 2.31. The third-order valence-corrected chi connectivity index (χ3v) is 4.24. The van der Waals surface area contributed by atoms with Crippen LogP contribution in [0.1, 0.15) is 45.3 Å². The fraction of sp³-hybridized carbons (Fsp3) is 0.588. The number of aliphatic hydroxyl groups excluding tert-OH is 1. The monoisotopic (exact) mass is 340 g/mol. The van der Waals surface area contributed by atoms with Crippen LogP contribution in [0.4, 0.5) is 10.5 Å². The first-order chi connectivity index (χ1) is 10.7. The van der Waals surface area contributed by atoms with Crippen molar-refractivity contribution in [1.82, 2.24) is 4.90 Å². The zero-order valence-corrected chi connectivity index (χ0v) is 14.6. The van der Waals surface area contributed by atoms with Crippen molar-refractivity contribution in [2.45, 2.75) is 45.3 Å². The summed E-state index contributed by atoms with van der Waals surface area (Å²) in [6, 6.07) is 5.12. The molecule has 0 aromatic heterocycles. The number of nitrogens with zero attached hydrogens (tertiary/aromatic N) is 1. The Kier molecular flexibility index (Phi) is 5.42. The van der Waals surface area contributed by atoms with Crippen LogP contribution in [-0.2, 0) is 4.74 Å². The van der Waals surface area contributed by atoms with Gasteiger partial charge in [-0.1, -0.05) is 11.6 Å².